The van der Waals surface area contributed by atoms with Crippen LogP contribution in [0, 0.1) is 0 Å². The molecule has 0 saturated heterocycles. The number of furan rings is 1. The Morgan fingerprint density at radius 2 is 1.89 bits per heavy atom. The first-order chi connectivity index (χ1) is 4.47. The van der Waals surface area contributed by atoms with Crippen LogP contribution in [0.4, 0.5) is 0 Å². The van der Waals surface area contributed by atoms with Crippen molar-refractivity contribution in [1.82, 2.24) is 0 Å². The van der Waals surface area contributed by atoms with E-state index in [0.29, 0.717) is 0 Å². The fourth-order valence-corrected chi connectivity index (χ4v) is 0.906. The summed E-state index contributed by atoms with van der Waals surface area (Å²) < 4.78 is 5.12. The number of hydrogen-bond acceptors (Lipinski definition) is 1. The molecule has 0 radical (unpaired) electrons. The van der Waals surface area contributed by atoms with Crippen molar-refractivity contribution in [3.8, 4) is 0 Å². The lowest BCUT2D eigenvalue weighted by atomic mass is 10.3. The Hall–Kier alpha value is -1.24. The van der Waals surface area contributed by atoms with Gasteiger partial charge in [-0.05, 0) is 12.1 Å². The molecule has 1 aromatic carbocycles. The third kappa shape index (κ3) is 0.617. The predicted octanol–water partition coefficient (Wildman–Crippen LogP) is 2.43. The van der Waals surface area contributed by atoms with E-state index in [0.717, 1.165) is 11.0 Å². The highest BCUT2D eigenvalue weighted by atomic mass is 16.4. The van der Waals surface area contributed by atoms with Crippen LogP contribution in [-0.4, -0.2) is 0 Å². The van der Waals surface area contributed by atoms with E-state index in [4.69, 9.17) is 4.42 Å². The van der Waals surface area contributed by atoms with Crippen molar-refractivity contribution in [3.63, 3.8) is 0 Å². The van der Waals surface area contributed by atoms with Gasteiger partial charge in [0.25, 0.3) is 0 Å². The molecule has 0 aliphatic heterocycles. The molecule has 0 amide bonds. The highest BCUT2D eigenvalue weighted by molar-refractivity contribution is 5.76. The molecule has 0 bridgehead atoms. The van der Waals surface area contributed by atoms with Gasteiger partial charge in [-0.15, -0.1) is 0 Å². The number of fused-ring (bicyclic) bond motifs is 1. The minimum atomic E-state index is 0.956. The lowest BCUT2D eigenvalue weighted by Crippen LogP contribution is -1.57. The van der Waals surface area contributed by atoms with Crippen LogP contribution in [0.2, 0.25) is 0 Å². The van der Waals surface area contributed by atoms with Gasteiger partial charge in [0.1, 0.15) is 5.58 Å². The molecule has 2 aromatic rings. The first-order valence-electron chi connectivity index (χ1n) is 2.89. The number of rotatable bonds is 0. The SMILES string of the molecule is c1ccc2o[13cH]cc2c1. The lowest BCUT2D eigenvalue weighted by molar-refractivity contribution is 0.616. The molecule has 0 aliphatic carbocycles. The zero-order valence-corrected chi connectivity index (χ0v) is 4.87. The van der Waals surface area contributed by atoms with E-state index < -0.39 is 0 Å². The van der Waals surface area contributed by atoms with Crippen LogP contribution in [0.25, 0.3) is 11.0 Å². The Morgan fingerprint density at radius 3 is 2.78 bits per heavy atom. The molecular weight excluding hydrogens is 113 g/mol. The van der Waals surface area contributed by atoms with Gasteiger partial charge in [-0.3, -0.25) is 0 Å². The van der Waals surface area contributed by atoms with Crippen LogP contribution >= 0.6 is 0 Å². The van der Waals surface area contributed by atoms with Crippen LogP contribution in [0.1, 0.15) is 0 Å². The zero-order chi connectivity index (χ0) is 6.10. The number of para-hydroxylation sites is 1. The van der Waals surface area contributed by atoms with Gasteiger partial charge in [-0.25, -0.2) is 0 Å². The molecule has 0 aliphatic rings. The molecule has 0 unspecified atom stereocenters. The van der Waals surface area contributed by atoms with Crippen molar-refractivity contribution >= 4 is 11.0 Å². The van der Waals surface area contributed by atoms with E-state index in [-0.39, 0.29) is 0 Å². The molecule has 0 fully saturated rings. The normalized spacial score (nSPS) is 10.2. The first kappa shape index (κ1) is 4.62. The average Bonchev–Trinajstić information content (AvgIpc) is 2.33. The van der Waals surface area contributed by atoms with Crippen LogP contribution in [-0.2, 0) is 0 Å². The Morgan fingerprint density at radius 1 is 1.00 bits per heavy atom. The van der Waals surface area contributed by atoms with Gasteiger partial charge in [0.15, 0.2) is 0 Å². The fourth-order valence-electron chi connectivity index (χ4n) is 0.906. The second-order valence-electron chi connectivity index (χ2n) is 1.96. The molecule has 1 heterocycles. The summed E-state index contributed by atoms with van der Waals surface area (Å²) in [5.41, 5.74) is 0.956. The Kier molecular flexibility index (Phi) is 0.833. The van der Waals surface area contributed by atoms with Crippen molar-refractivity contribution in [2.24, 2.45) is 0 Å². The molecule has 0 N–H and O–H groups in total. The largest absolute Gasteiger partial charge is 0.464 e. The minimum absolute atomic E-state index is 0.956. The van der Waals surface area contributed by atoms with E-state index in [9.17, 15) is 0 Å². The Balaban J connectivity index is 2.95. The second-order valence-corrected chi connectivity index (χ2v) is 1.96. The topological polar surface area (TPSA) is 13.1 Å². The summed E-state index contributed by atoms with van der Waals surface area (Å²) in [4.78, 5) is 0. The molecule has 0 saturated carbocycles. The molecular formula is C8H6O. The van der Waals surface area contributed by atoms with Crippen molar-refractivity contribution in [1.29, 1.82) is 0 Å². The van der Waals surface area contributed by atoms with Gasteiger partial charge in [0.05, 0.1) is 6.26 Å². The van der Waals surface area contributed by atoms with Gasteiger partial charge in [0, 0.05) is 5.39 Å². The van der Waals surface area contributed by atoms with Crippen molar-refractivity contribution in [2.45, 2.75) is 0 Å². The number of hydrogen-bond donors (Lipinski definition) is 0. The van der Waals surface area contributed by atoms with E-state index >= 15 is 0 Å². The van der Waals surface area contributed by atoms with Gasteiger partial charge in [-0.1, -0.05) is 18.2 Å². The van der Waals surface area contributed by atoms with Crippen molar-refractivity contribution in [3.05, 3.63) is 36.6 Å². The van der Waals surface area contributed by atoms with Crippen LogP contribution in [0.15, 0.2) is 41.0 Å². The molecule has 1 nitrogen and oxygen atoms in total. The Bertz CT molecular complexity index is 279. The molecule has 1 aromatic heterocycles. The highest BCUT2D eigenvalue weighted by Gasteiger charge is 1.89. The molecule has 2 rings (SSSR count). The maximum absolute atomic E-state index is 5.12. The maximum atomic E-state index is 5.12. The van der Waals surface area contributed by atoms with E-state index in [1.165, 1.54) is 0 Å². The first-order valence-corrected chi connectivity index (χ1v) is 2.89. The minimum Gasteiger partial charge on any atom is -0.464 e. The van der Waals surface area contributed by atoms with Crippen LogP contribution in [0.5, 0.6) is 0 Å². The quantitative estimate of drug-likeness (QED) is 0.519. The Labute approximate surface area is 52.9 Å². The third-order valence-corrected chi connectivity index (χ3v) is 1.36. The summed E-state index contributed by atoms with van der Waals surface area (Å²) >= 11 is 0. The molecule has 9 heavy (non-hydrogen) atoms. The van der Waals surface area contributed by atoms with Gasteiger partial charge < -0.3 is 4.42 Å². The van der Waals surface area contributed by atoms with E-state index in [1.54, 1.807) is 6.26 Å². The second kappa shape index (κ2) is 1.62. The van der Waals surface area contributed by atoms with Crippen molar-refractivity contribution in [2.75, 3.05) is 0 Å². The summed E-state index contributed by atoms with van der Waals surface area (Å²) in [5, 5.41) is 1.16. The zero-order valence-electron chi connectivity index (χ0n) is 4.87. The molecule has 0 spiro atoms. The molecule has 1 heteroatoms. The number of benzene rings is 1. The van der Waals surface area contributed by atoms with Crippen LogP contribution < -0.4 is 0 Å². The van der Waals surface area contributed by atoms with Crippen LogP contribution in [0.3, 0.4) is 0 Å². The summed E-state index contributed by atoms with van der Waals surface area (Å²) in [6.07, 6.45) is 1.70. The standard InChI is InChI=1S/C8H6O/c1-2-4-8-7(3-1)5-6-9-8/h1-6H/i6+1. The monoisotopic (exact) mass is 119 g/mol. The molecule has 44 valence electrons. The van der Waals surface area contributed by atoms with Crippen molar-refractivity contribution < 1.29 is 4.42 Å². The summed E-state index contributed by atoms with van der Waals surface area (Å²) in [6, 6.07) is 9.90. The highest BCUT2D eigenvalue weighted by Crippen LogP contribution is 2.12. The summed E-state index contributed by atoms with van der Waals surface area (Å²) in [5.74, 6) is 0. The van der Waals surface area contributed by atoms with Gasteiger partial charge >= 0.3 is 0 Å². The lowest BCUT2D eigenvalue weighted by Gasteiger charge is -1.81. The maximum Gasteiger partial charge on any atom is 0.133 e. The molecule has 0 atom stereocenters. The average molecular weight is 119 g/mol. The summed E-state index contributed by atoms with van der Waals surface area (Å²) in [6.45, 7) is 0. The summed E-state index contributed by atoms with van der Waals surface area (Å²) in [7, 11) is 0. The van der Waals surface area contributed by atoms with E-state index in [2.05, 4.69) is 0 Å². The third-order valence-electron chi connectivity index (χ3n) is 1.36. The predicted molar refractivity (Wildman–Crippen MR) is 36.2 cm³/mol. The van der Waals surface area contributed by atoms with Gasteiger partial charge in [-0.2, -0.15) is 0 Å². The van der Waals surface area contributed by atoms with E-state index in [1.807, 2.05) is 30.3 Å². The fraction of sp³-hybridized carbons (Fsp3) is 0. The smallest absolute Gasteiger partial charge is 0.133 e. The van der Waals surface area contributed by atoms with Gasteiger partial charge in [0.2, 0.25) is 0 Å².